The van der Waals surface area contributed by atoms with Crippen LogP contribution in [0, 0.1) is 0 Å². The van der Waals surface area contributed by atoms with E-state index in [1.165, 1.54) is 0 Å². The van der Waals surface area contributed by atoms with Crippen molar-refractivity contribution in [3.63, 3.8) is 0 Å². The van der Waals surface area contributed by atoms with E-state index in [2.05, 4.69) is 0 Å². The molecular weight excluding hydrogens is 304 g/mol. The fourth-order valence-electron chi connectivity index (χ4n) is 3.52. The summed E-state index contributed by atoms with van der Waals surface area (Å²) < 4.78 is 17.5. The van der Waals surface area contributed by atoms with Crippen molar-refractivity contribution in [1.29, 1.82) is 0 Å². The van der Waals surface area contributed by atoms with Gasteiger partial charge in [0.05, 0.1) is 17.4 Å². The molecule has 0 bridgehead atoms. The predicted molar refractivity (Wildman–Crippen MR) is 89.4 cm³/mol. The van der Waals surface area contributed by atoms with Crippen molar-refractivity contribution < 1.29 is 19.0 Å². The first-order valence-corrected chi connectivity index (χ1v) is 8.12. The van der Waals surface area contributed by atoms with Gasteiger partial charge in [0, 0.05) is 16.7 Å². The van der Waals surface area contributed by atoms with Crippen molar-refractivity contribution in [2.24, 2.45) is 0 Å². The number of aliphatic hydroxyl groups is 1. The molecule has 0 radical (unpaired) electrons. The lowest BCUT2D eigenvalue weighted by molar-refractivity contribution is 0.238. The van der Waals surface area contributed by atoms with Crippen LogP contribution in [0.5, 0.6) is 5.75 Å². The second-order valence-corrected chi connectivity index (χ2v) is 6.12. The molecule has 3 heterocycles. The van der Waals surface area contributed by atoms with Gasteiger partial charge in [-0.25, -0.2) is 0 Å². The van der Waals surface area contributed by atoms with Crippen LogP contribution < -0.4 is 4.74 Å². The molecule has 0 saturated carbocycles. The number of furan rings is 1. The minimum Gasteiger partial charge on any atom is -0.507 e. The topological polar surface area (TPSA) is 51.8 Å². The van der Waals surface area contributed by atoms with Gasteiger partial charge in [0.25, 0.3) is 0 Å². The summed E-state index contributed by atoms with van der Waals surface area (Å²) in [5.41, 5.74) is 4.31. The van der Waals surface area contributed by atoms with E-state index in [0.29, 0.717) is 13.2 Å². The molecule has 2 aromatic rings. The number of ether oxygens (including phenoxy) is 2. The third kappa shape index (κ3) is 1.86. The molecule has 3 aliphatic rings. The molecule has 4 nitrogen and oxygen atoms in total. The molecule has 0 unspecified atom stereocenters. The highest BCUT2D eigenvalue weighted by molar-refractivity contribution is 5.82. The zero-order chi connectivity index (χ0) is 16.1. The third-order valence-electron chi connectivity index (χ3n) is 4.75. The van der Waals surface area contributed by atoms with Crippen molar-refractivity contribution in [2.45, 2.75) is 19.4 Å². The molecule has 120 valence electrons. The summed E-state index contributed by atoms with van der Waals surface area (Å²) in [4.78, 5) is 0. The summed E-state index contributed by atoms with van der Waals surface area (Å²) in [6.45, 7) is 0.763. The fourth-order valence-corrected chi connectivity index (χ4v) is 3.52. The first-order chi connectivity index (χ1) is 11.8. The zero-order valence-corrected chi connectivity index (χ0v) is 13.0. The highest BCUT2D eigenvalue weighted by Gasteiger charge is 2.30. The van der Waals surface area contributed by atoms with Crippen LogP contribution in [0.1, 0.15) is 24.0 Å². The SMILES string of the molecule is OC1=C(c2coc3c2COc2ccccc2-3)COC2=CCCC=C21. The Labute approximate surface area is 139 Å². The lowest BCUT2D eigenvalue weighted by atomic mass is 9.92. The molecule has 1 aromatic heterocycles. The highest BCUT2D eigenvalue weighted by atomic mass is 16.5. The number of para-hydroxylation sites is 1. The second kappa shape index (κ2) is 5.06. The molecule has 5 rings (SSSR count). The van der Waals surface area contributed by atoms with Gasteiger partial charge in [-0.2, -0.15) is 0 Å². The van der Waals surface area contributed by atoms with Crippen LogP contribution in [0.25, 0.3) is 16.9 Å². The van der Waals surface area contributed by atoms with E-state index in [1.807, 2.05) is 36.4 Å². The number of allylic oxidation sites excluding steroid dienone is 2. The van der Waals surface area contributed by atoms with Crippen molar-refractivity contribution in [3.8, 4) is 17.1 Å². The standard InChI is InChI=1S/C20H16O4/c21-19-12-5-1-3-7-17(12)22-10-15(19)14-9-24-20-13-6-2-4-8-18(13)23-11-16(14)20/h2,4-9,21H,1,3,10-11H2. The quantitative estimate of drug-likeness (QED) is 0.824. The Hall–Kier alpha value is -2.88. The van der Waals surface area contributed by atoms with E-state index in [4.69, 9.17) is 13.9 Å². The zero-order valence-electron chi connectivity index (χ0n) is 13.0. The largest absolute Gasteiger partial charge is 0.507 e. The lowest BCUT2D eigenvalue weighted by Crippen LogP contribution is -2.15. The van der Waals surface area contributed by atoms with E-state index in [9.17, 15) is 5.11 Å². The molecule has 1 N–H and O–H groups in total. The van der Waals surface area contributed by atoms with Crippen LogP contribution in [-0.2, 0) is 11.3 Å². The van der Waals surface area contributed by atoms with Gasteiger partial charge >= 0.3 is 0 Å². The van der Waals surface area contributed by atoms with Crippen molar-refractivity contribution in [1.82, 2.24) is 0 Å². The molecule has 1 aliphatic carbocycles. The minimum absolute atomic E-state index is 0.287. The van der Waals surface area contributed by atoms with Crippen molar-refractivity contribution in [2.75, 3.05) is 6.61 Å². The van der Waals surface area contributed by atoms with Gasteiger partial charge in [-0.15, -0.1) is 0 Å². The van der Waals surface area contributed by atoms with E-state index in [0.717, 1.165) is 57.9 Å². The van der Waals surface area contributed by atoms with Crippen molar-refractivity contribution in [3.05, 3.63) is 70.9 Å². The van der Waals surface area contributed by atoms with E-state index in [-0.39, 0.29) is 5.76 Å². The second-order valence-electron chi connectivity index (χ2n) is 6.12. The van der Waals surface area contributed by atoms with Crippen LogP contribution in [0.2, 0.25) is 0 Å². The molecule has 0 spiro atoms. The Morgan fingerprint density at radius 2 is 1.79 bits per heavy atom. The molecule has 1 aromatic carbocycles. The monoisotopic (exact) mass is 320 g/mol. The Balaban J connectivity index is 1.64. The van der Waals surface area contributed by atoms with Crippen LogP contribution in [0.4, 0.5) is 0 Å². The normalized spacial score (nSPS) is 18.5. The highest BCUT2D eigenvalue weighted by Crippen LogP contribution is 2.44. The van der Waals surface area contributed by atoms with E-state index >= 15 is 0 Å². The number of aliphatic hydroxyl groups excluding tert-OH is 1. The summed E-state index contributed by atoms with van der Waals surface area (Å²) in [5.74, 6) is 2.70. The van der Waals surface area contributed by atoms with Crippen LogP contribution >= 0.6 is 0 Å². The summed E-state index contributed by atoms with van der Waals surface area (Å²) in [5, 5.41) is 10.7. The molecule has 2 aliphatic heterocycles. The van der Waals surface area contributed by atoms with Gasteiger partial charge in [0.2, 0.25) is 0 Å². The van der Waals surface area contributed by atoms with Crippen molar-refractivity contribution >= 4 is 5.57 Å². The third-order valence-corrected chi connectivity index (χ3v) is 4.75. The average molecular weight is 320 g/mol. The van der Waals surface area contributed by atoms with Crippen LogP contribution in [0.3, 0.4) is 0 Å². The number of hydrogen-bond donors (Lipinski definition) is 1. The Kier molecular flexibility index (Phi) is 2.86. The molecule has 0 saturated heterocycles. The molecule has 0 fully saturated rings. The van der Waals surface area contributed by atoms with Gasteiger partial charge in [-0.05, 0) is 31.1 Å². The molecule has 4 heteroatoms. The van der Waals surface area contributed by atoms with Crippen LogP contribution in [0.15, 0.2) is 64.2 Å². The fraction of sp³-hybridized carbons (Fsp3) is 0.200. The van der Waals surface area contributed by atoms with Crippen LogP contribution in [-0.4, -0.2) is 11.7 Å². The summed E-state index contributed by atoms with van der Waals surface area (Å²) in [6.07, 6.45) is 7.63. The van der Waals surface area contributed by atoms with Gasteiger partial charge in [-0.1, -0.05) is 18.2 Å². The van der Waals surface area contributed by atoms with Gasteiger partial charge in [0.1, 0.15) is 36.2 Å². The molecular formula is C20H16O4. The number of rotatable bonds is 1. The Bertz CT molecular complexity index is 927. The molecule has 0 atom stereocenters. The van der Waals surface area contributed by atoms with Gasteiger partial charge in [0.15, 0.2) is 0 Å². The number of fused-ring (bicyclic) bond motifs is 4. The maximum atomic E-state index is 10.7. The van der Waals surface area contributed by atoms with E-state index < -0.39 is 0 Å². The summed E-state index contributed by atoms with van der Waals surface area (Å²) >= 11 is 0. The van der Waals surface area contributed by atoms with Gasteiger partial charge < -0.3 is 19.0 Å². The Morgan fingerprint density at radius 1 is 0.917 bits per heavy atom. The number of hydrogen-bond acceptors (Lipinski definition) is 4. The van der Waals surface area contributed by atoms with Gasteiger partial charge in [-0.3, -0.25) is 0 Å². The first-order valence-electron chi connectivity index (χ1n) is 8.12. The Morgan fingerprint density at radius 3 is 2.75 bits per heavy atom. The number of benzene rings is 1. The summed E-state index contributed by atoms with van der Waals surface area (Å²) in [6, 6.07) is 7.83. The maximum absolute atomic E-state index is 10.7. The predicted octanol–water partition coefficient (Wildman–Crippen LogP) is 4.74. The smallest absolute Gasteiger partial charge is 0.144 e. The maximum Gasteiger partial charge on any atom is 0.144 e. The minimum atomic E-state index is 0.287. The van der Waals surface area contributed by atoms with E-state index in [1.54, 1.807) is 6.26 Å². The summed E-state index contributed by atoms with van der Waals surface area (Å²) in [7, 11) is 0. The molecule has 24 heavy (non-hydrogen) atoms. The molecule has 0 amide bonds. The first kappa shape index (κ1) is 13.5. The lowest BCUT2D eigenvalue weighted by Gasteiger charge is -2.25. The average Bonchev–Trinajstić information content (AvgIpc) is 3.07.